The molecule has 0 bridgehead atoms. The third-order valence-electron chi connectivity index (χ3n) is 4.98. The molecule has 0 saturated heterocycles. The van der Waals surface area contributed by atoms with Gasteiger partial charge in [-0.15, -0.1) is 0 Å². The van der Waals surface area contributed by atoms with E-state index in [0.29, 0.717) is 0 Å². The molecule has 1 aliphatic rings. The van der Waals surface area contributed by atoms with Crippen LogP contribution in [0.25, 0.3) is 0 Å². The number of rotatable bonds is 0. The molecule has 3 nitrogen and oxygen atoms in total. The van der Waals surface area contributed by atoms with Gasteiger partial charge in [0.15, 0.2) is 11.5 Å². The quantitative estimate of drug-likeness (QED) is 0.256. The Morgan fingerprint density at radius 1 is 0.667 bits per heavy atom. The van der Waals surface area contributed by atoms with Crippen LogP contribution < -0.4 is 5.32 Å². The molecule has 0 aliphatic carbocycles. The first-order valence-electron chi connectivity index (χ1n) is 10.2. The zero-order valence-electron chi connectivity index (χ0n) is 18.6. The summed E-state index contributed by atoms with van der Waals surface area (Å²) in [5, 5.41) is 23.1. The Morgan fingerprint density at radius 3 is 1.63 bits per heavy atom. The second-order valence-electron chi connectivity index (χ2n) is 9.58. The van der Waals surface area contributed by atoms with Crippen LogP contribution in [0.3, 0.4) is 0 Å². The van der Waals surface area contributed by atoms with E-state index in [2.05, 4.69) is 74.6 Å². The molecule has 0 fully saturated rings. The van der Waals surface area contributed by atoms with Crippen molar-refractivity contribution in [2.24, 2.45) is 0 Å². The fraction of sp³-hybridized carbons (Fsp3) is 0.308. The zero-order chi connectivity index (χ0) is 22.1. The van der Waals surface area contributed by atoms with Crippen molar-refractivity contribution in [2.45, 2.75) is 62.2 Å². The first-order valence-corrected chi connectivity index (χ1v) is 11.0. The van der Waals surface area contributed by atoms with Crippen LogP contribution in [-0.4, -0.2) is 10.2 Å². The molecule has 0 unspecified atom stereocenters. The highest BCUT2D eigenvalue weighted by Gasteiger charge is 2.29. The standard InChI is InChI=1S/C14H22O2.C12H9NS/c1-13(2,3)9-7-8-10(15)12(16)11(9)14(4,5)6;1-3-7-11-9(5-1)13-10-6-2-4-8-12(10)14-11/h7-8,15-16H,1-6H3;1-8,13H. The van der Waals surface area contributed by atoms with Gasteiger partial charge in [0, 0.05) is 15.4 Å². The highest BCUT2D eigenvalue weighted by molar-refractivity contribution is 7.99. The van der Waals surface area contributed by atoms with Gasteiger partial charge in [0.05, 0.1) is 11.4 Å². The minimum atomic E-state index is -0.189. The lowest BCUT2D eigenvalue weighted by atomic mass is 9.74. The number of fused-ring (bicyclic) bond motifs is 2. The largest absolute Gasteiger partial charge is 0.504 e. The molecule has 0 saturated carbocycles. The molecule has 0 radical (unpaired) electrons. The molecule has 3 aromatic rings. The zero-order valence-corrected chi connectivity index (χ0v) is 19.4. The number of para-hydroxylation sites is 2. The molecule has 158 valence electrons. The Labute approximate surface area is 184 Å². The van der Waals surface area contributed by atoms with E-state index < -0.39 is 0 Å². The van der Waals surface area contributed by atoms with Gasteiger partial charge >= 0.3 is 0 Å². The van der Waals surface area contributed by atoms with Crippen molar-refractivity contribution >= 4 is 23.1 Å². The third kappa shape index (κ3) is 4.76. The van der Waals surface area contributed by atoms with Gasteiger partial charge in [-0.3, -0.25) is 0 Å². The van der Waals surface area contributed by atoms with Crippen LogP contribution in [0.4, 0.5) is 11.4 Å². The molecule has 0 aromatic heterocycles. The van der Waals surface area contributed by atoms with Crippen molar-refractivity contribution in [1.29, 1.82) is 0 Å². The lowest BCUT2D eigenvalue weighted by molar-refractivity contribution is 0.383. The topological polar surface area (TPSA) is 52.5 Å². The molecule has 3 N–H and O–H groups in total. The third-order valence-corrected chi connectivity index (χ3v) is 6.13. The summed E-state index contributed by atoms with van der Waals surface area (Å²) in [6.45, 7) is 12.4. The number of benzene rings is 3. The summed E-state index contributed by atoms with van der Waals surface area (Å²) in [4.78, 5) is 2.59. The van der Waals surface area contributed by atoms with Crippen LogP contribution >= 0.6 is 11.8 Å². The van der Waals surface area contributed by atoms with E-state index in [0.717, 1.165) is 11.1 Å². The molecule has 1 aliphatic heterocycles. The first-order chi connectivity index (χ1) is 14.0. The Bertz CT molecular complexity index is 958. The number of anilines is 2. The summed E-state index contributed by atoms with van der Waals surface area (Å²) in [7, 11) is 0. The second kappa shape index (κ2) is 8.27. The summed E-state index contributed by atoms with van der Waals surface area (Å²) in [6.07, 6.45) is 0. The molecule has 1 heterocycles. The highest BCUT2D eigenvalue weighted by atomic mass is 32.2. The summed E-state index contributed by atoms with van der Waals surface area (Å²) >= 11 is 1.82. The first kappa shape index (κ1) is 22.1. The molecular formula is C26H31NO2S. The summed E-state index contributed by atoms with van der Waals surface area (Å²) in [5.41, 5.74) is 4.09. The van der Waals surface area contributed by atoms with Gasteiger partial charge < -0.3 is 15.5 Å². The van der Waals surface area contributed by atoms with Gasteiger partial charge in [-0.2, -0.15) is 0 Å². The predicted octanol–water partition coefficient (Wildman–Crippen LogP) is 7.59. The molecule has 0 atom stereocenters. The van der Waals surface area contributed by atoms with Crippen molar-refractivity contribution in [3.8, 4) is 11.5 Å². The maximum absolute atomic E-state index is 10.0. The van der Waals surface area contributed by atoms with Crippen molar-refractivity contribution in [3.05, 3.63) is 71.8 Å². The van der Waals surface area contributed by atoms with Crippen LogP contribution in [0, 0.1) is 0 Å². The molecule has 3 aromatic carbocycles. The maximum Gasteiger partial charge on any atom is 0.161 e. The van der Waals surface area contributed by atoms with Crippen LogP contribution in [-0.2, 0) is 10.8 Å². The van der Waals surface area contributed by atoms with E-state index in [4.69, 9.17) is 0 Å². The van der Waals surface area contributed by atoms with Crippen LogP contribution in [0.2, 0.25) is 0 Å². The fourth-order valence-electron chi connectivity index (χ4n) is 3.55. The second-order valence-corrected chi connectivity index (χ2v) is 10.7. The number of aromatic hydroxyl groups is 2. The normalized spacial score (nSPS) is 12.7. The Balaban J connectivity index is 0.000000171. The molecule has 4 rings (SSSR count). The van der Waals surface area contributed by atoms with E-state index in [1.165, 1.54) is 21.2 Å². The van der Waals surface area contributed by atoms with Gasteiger partial charge in [-0.1, -0.05) is 83.6 Å². The van der Waals surface area contributed by atoms with Crippen molar-refractivity contribution in [2.75, 3.05) is 5.32 Å². The van der Waals surface area contributed by atoms with E-state index >= 15 is 0 Å². The molecular weight excluding hydrogens is 390 g/mol. The maximum atomic E-state index is 10.0. The predicted molar refractivity (Wildman–Crippen MR) is 127 cm³/mol. The summed E-state index contributed by atoms with van der Waals surface area (Å²) in [5.74, 6) is -0.0298. The molecule has 30 heavy (non-hydrogen) atoms. The summed E-state index contributed by atoms with van der Waals surface area (Å²) in [6, 6.07) is 20.2. The van der Waals surface area contributed by atoms with Crippen LogP contribution in [0.1, 0.15) is 52.7 Å². The lowest BCUT2D eigenvalue weighted by Gasteiger charge is -2.30. The van der Waals surface area contributed by atoms with Gasteiger partial charge in [-0.05, 0) is 46.7 Å². The Hall–Kier alpha value is -2.59. The smallest absolute Gasteiger partial charge is 0.161 e. The SMILES string of the molecule is CC(C)(C)c1ccc(O)c(O)c1C(C)(C)C.c1ccc2c(c1)Nc1ccccc1S2. The lowest BCUT2D eigenvalue weighted by Crippen LogP contribution is -2.22. The van der Waals surface area contributed by atoms with Crippen molar-refractivity contribution in [3.63, 3.8) is 0 Å². The molecule has 0 spiro atoms. The van der Waals surface area contributed by atoms with E-state index in [-0.39, 0.29) is 22.3 Å². The molecule has 0 amide bonds. The average molecular weight is 422 g/mol. The fourth-order valence-corrected chi connectivity index (χ4v) is 4.53. The Morgan fingerprint density at radius 2 is 1.17 bits per heavy atom. The monoisotopic (exact) mass is 421 g/mol. The van der Waals surface area contributed by atoms with E-state index in [9.17, 15) is 10.2 Å². The minimum absolute atomic E-state index is 0.0138. The van der Waals surface area contributed by atoms with Gasteiger partial charge in [-0.25, -0.2) is 0 Å². The van der Waals surface area contributed by atoms with E-state index in [1.807, 2.05) is 38.6 Å². The average Bonchev–Trinajstić information content (AvgIpc) is 2.67. The van der Waals surface area contributed by atoms with Gasteiger partial charge in [0.25, 0.3) is 0 Å². The van der Waals surface area contributed by atoms with Crippen LogP contribution in [0.15, 0.2) is 70.5 Å². The van der Waals surface area contributed by atoms with Crippen molar-refractivity contribution in [1.82, 2.24) is 0 Å². The highest BCUT2D eigenvalue weighted by Crippen LogP contribution is 2.44. The number of phenols is 2. The number of hydrogen-bond donors (Lipinski definition) is 3. The van der Waals surface area contributed by atoms with E-state index in [1.54, 1.807) is 6.07 Å². The molecule has 4 heteroatoms. The van der Waals surface area contributed by atoms with Gasteiger partial charge in [0.1, 0.15) is 0 Å². The van der Waals surface area contributed by atoms with Crippen molar-refractivity contribution < 1.29 is 10.2 Å². The number of phenolic OH excluding ortho intramolecular Hbond substituents is 2. The van der Waals surface area contributed by atoms with Gasteiger partial charge in [0.2, 0.25) is 0 Å². The number of nitrogens with one attached hydrogen (secondary N) is 1. The Kier molecular flexibility index (Phi) is 6.09. The summed E-state index contributed by atoms with van der Waals surface area (Å²) < 4.78 is 0. The van der Waals surface area contributed by atoms with Crippen LogP contribution in [0.5, 0.6) is 11.5 Å². The minimum Gasteiger partial charge on any atom is -0.504 e. The number of hydrogen-bond acceptors (Lipinski definition) is 4.